The molecule has 0 aliphatic carbocycles. The van der Waals surface area contributed by atoms with Crippen LogP contribution in [0.25, 0.3) is 0 Å². The Balaban J connectivity index is 1.99. The van der Waals surface area contributed by atoms with Gasteiger partial charge in [0.15, 0.2) is 0 Å². The predicted octanol–water partition coefficient (Wildman–Crippen LogP) is 3.63. The molecule has 0 saturated heterocycles. The van der Waals surface area contributed by atoms with E-state index in [1.54, 1.807) is 19.1 Å². The molecule has 2 rings (SSSR count). The van der Waals surface area contributed by atoms with Gasteiger partial charge in [-0.2, -0.15) is 5.26 Å². The zero-order chi connectivity index (χ0) is 16.8. The fourth-order valence-electron chi connectivity index (χ4n) is 1.92. The molecule has 0 fully saturated rings. The van der Waals surface area contributed by atoms with E-state index in [0.29, 0.717) is 22.1 Å². The van der Waals surface area contributed by atoms with Gasteiger partial charge in [0.25, 0.3) is 0 Å². The summed E-state index contributed by atoms with van der Waals surface area (Å²) in [6.45, 7) is 3.81. The minimum Gasteiger partial charge on any atom is -0.305 e. The molecule has 2 aromatic rings. The number of hydrazine groups is 1. The largest absolute Gasteiger partial charge is 0.337 e. The lowest BCUT2D eigenvalue weighted by molar-refractivity contribution is 0.254. The summed E-state index contributed by atoms with van der Waals surface area (Å²) < 4.78 is 0. The molecule has 0 unspecified atom stereocenters. The van der Waals surface area contributed by atoms with Crippen molar-refractivity contribution in [1.82, 2.24) is 10.4 Å². The van der Waals surface area contributed by atoms with E-state index in [1.165, 1.54) is 6.20 Å². The van der Waals surface area contributed by atoms with Gasteiger partial charge in [0.05, 0.1) is 16.3 Å². The zero-order valence-electron chi connectivity index (χ0n) is 12.8. The first-order valence-electron chi connectivity index (χ1n) is 7.01. The predicted molar refractivity (Wildman–Crippen MR) is 90.3 cm³/mol. The van der Waals surface area contributed by atoms with Gasteiger partial charge in [0.2, 0.25) is 0 Å². The first kappa shape index (κ1) is 16.6. The van der Waals surface area contributed by atoms with E-state index in [2.05, 4.69) is 21.2 Å². The molecule has 1 aromatic carbocycles. The number of benzene rings is 1. The number of aryl methyl sites for hydroxylation is 2. The second-order valence-corrected chi connectivity index (χ2v) is 5.28. The maximum atomic E-state index is 11.9. The van der Waals surface area contributed by atoms with Crippen molar-refractivity contribution in [3.63, 3.8) is 0 Å². The number of carbonyl (C=O) groups is 1. The van der Waals surface area contributed by atoms with Crippen LogP contribution in [0.5, 0.6) is 0 Å². The number of amides is 2. The summed E-state index contributed by atoms with van der Waals surface area (Å²) >= 11 is 6.07. The first-order chi connectivity index (χ1) is 11.0. The Labute approximate surface area is 139 Å². The van der Waals surface area contributed by atoms with Crippen LogP contribution in [0.1, 0.15) is 23.6 Å². The van der Waals surface area contributed by atoms with Gasteiger partial charge in [-0.1, -0.05) is 24.6 Å². The van der Waals surface area contributed by atoms with Crippen molar-refractivity contribution in [1.29, 1.82) is 5.26 Å². The van der Waals surface area contributed by atoms with Crippen LogP contribution in [-0.2, 0) is 6.42 Å². The number of hydrogen-bond acceptors (Lipinski definition) is 4. The molecule has 118 valence electrons. The summed E-state index contributed by atoms with van der Waals surface area (Å²) in [6, 6.07) is 8.70. The third-order valence-corrected chi connectivity index (χ3v) is 3.52. The highest BCUT2D eigenvalue weighted by atomic mass is 35.5. The molecule has 1 heterocycles. The van der Waals surface area contributed by atoms with E-state index < -0.39 is 6.03 Å². The smallest absolute Gasteiger partial charge is 0.305 e. The molecular formula is C16H16ClN5O. The average Bonchev–Trinajstić information content (AvgIpc) is 2.55. The van der Waals surface area contributed by atoms with E-state index in [-0.39, 0.29) is 0 Å². The van der Waals surface area contributed by atoms with Crippen molar-refractivity contribution in [2.24, 2.45) is 0 Å². The minimum atomic E-state index is -0.467. The highest BCUT2D eigenvalue weighted by molar-refractivity contribution is 6.33. The molecule has 2 amide bonds. The number of hydrogen-bond donors (Lipinski definition) is 3. The summed E-state index contributed by atoms with van der Waals surface area (Å²) in [6.07, 6.45) is 2.27. The Hall–Kier alpha value is -2.78. The maximum absolute atomic E-state index is 11.9. The van der Waals surface area contributed by atoms with Crippen LogP contribution in [0.2, 0.25) is 5.02 Å². The van der Waals surface area contributed by atoms with Crippen molar-refractivity contribution in [3.05, 3.63) is 52.2 Å². The molecule has 0 spiro atoms. The molecule has 0 radical (unpaired) electrons. The third kappa shape index (κ3) is 4.34. The molecule has 0 saturated carbocycles. The van der Waals surface area contributed by atoms with E-state index in [9.17, 15) is 4.79 Å². The zero-order valence-corrected chi connectivity index (χ0v) is 13.5. The normalized spacial score (nSPS) is 9.83. The van der Waals surface area contributed by atoms with Crippen LogP contribution in [0.4, 0.5) is 16.3 Å². The maximum Gasteiger partial charge on any atom is 0.337 e. The van der Waals surface area contributed by atoms with Gasteiger partial charge in [-0.25, -0.2) is 9.78 Å². The Morgan fingerprint density at radius 3 is 2.83 bits per heavy atom. The monoisotopic (exact) mass is 329 g/mol. The fourth-order valence-corrected chi connectivity index (χ4v) is 2.09. The fraction of sp³-hybridized carbons (Fsp3) is 0.188. The van der Waals surface area contributed by atoms with Crippen molar-refractivity contribution >= 4 is 29.1 Å². The van der Waals surface area contributed by atoms with Crippen molar-refractivity contribution in [2.45, 2.75) is 20.3 Å². The highest BCUT2D eigenvalue weighted by Gasteiger charge is 2.07. The molecule has 0 aliphatic heterocycles. The van der Waals surface area contributed by atoms with E-state index >= 15 is 0 Å². The van der Waals surface area contributed by atoms with Gasteiger partial charge in [-0.15, -0.1) is 0 Å². The topological polar surface area (TPSA) is 89.8 Å². The van der Waals surface area contributed by atoms with E-state index in [1.807, 2.05) is 25.1 Å². The van der Waals surface area contributed by atoms with Crippen LogP contribution in [0.15, 0.2) is 30.5 Å². The van der Waals surface area contributed by atoms with Crippen LogP contribution >= 0.6 is 11.6 Å². The molecular weight excluding hydrogens is 314 g/mol. The number of nitrogens with zero attached hydrogens (tertiary/aromatic N) is 2. The Kier molecular flexibility index (Phi) is 5.39. The lowest BCUT2D eigenvalue weighted by Crippen LogP contribution is -2.34. The molecule has 6 nitrogen and oxygen atoms in total. The highest BCUT2D eigenvalue weighted by Crippen LogP contribution is 2.23. The summed E-state index contributed by atoms with van der Waals surface area (Å²) in [4.78, 5) is 16.0. The molecule has 3 N–H and O–H groups in total. The molecule has 0 bridgehead atoms. The first-order valence-corrected chi connectivity index (χ1v) is 7.39. The third-order valence-electron chi connectivity index (χ3n) is 3.19. The van der Waals surface area contributed by atoms with E-state index in [0.717, 1.165) is 17.5 Å². The number of aromatic nitrogens is 1. The van der Waals surface area contributed by atoms with Crippen LogP contribution in [-0.4, -0.2) is 11.0 Å². The van der Waals surface area contributed by atoms with Gasteiger partial charge in [0.1, 0.15) is 11.9 Å². The Bertz CT molecular complexity index is 770. The lowest BCUT2D eigenvalue weighted by atomic mass is 10.1. The summed E-state index contributed by atoms with van der Waals surface area (Å²) in [7, 11) is 0. The number of halogens is 1. The van der Waals surface area contributed by atoms with Gasteiger partial charge in [-0.3, -0.25) is 10.9 Å². The number of anilines is 2. The molecule has 7 heteroatoms. The Morgan fingerprint density at radius 1 is 1.39 bits per heavy atom. The SMILES string of the molecule is CCc1ccc(Cl)c(NC(=O)NNc2ncc(C#N)cc2C)c1. The summed E-state index contributed by atoms with van der Waals surface area (Å²) in [5.74, 6) is 0.465. The molecule has 1 aromatic heterocycles. The van der Waals surface area contributed by atoms with Crippen LogP contribution in [0.3, 0.4) is 0 Å². The molecule has 0 aliphatic rings. The van der Waals surface area contributed by atoms with Gasteiger partial charge >= 0.3 is 6.03 Å². The number of nitrogens with one attached hydrogen (secondary N) is 3. The number of urea groups is 1. The lowest BCUT2D eigenvalue weighted by Gasteiger charge is -2.12. The second kappa shape index (κ2) is 7.47. The quantitative estimate of drug-likeness (QED) is 0.747. The Morgan fingerprint density at radius 2 is 2.17 bits per heavy atom. The van der Waals surface area contributed by atoms with E-state index in [4.69, 9.17) is 16.9 Å². The van der Waals surface area contributed by atoms with Gasteiger partial charge in [0, 0.05) is 6.20 Å². The number of rotatable bonds is 4. The molecule has 23 heavy (non-hydrogen) atoms. The summed E-state index contributed by atoms with van der Waals surface area (Å²) in [5, 5.41) is 11.9. The van der Waals surface area contributed by atoms with Crippen molar-refractivity contribution in [3.8, 4) is 6.07 Å². The van der Waals surface area contributed by atoms with Gasteiger partial charge in [-0.05, 0) is 42.7 Å². The second-order valence-electron chi connectivity index (χ2n) is 4.87. The number of carbonyl (C=O) groups excluding carboxylic acids is 1. The minimum absolute atomic E-state index is 0.459. The number of nitriles is 1. The average molecular weight is 330 g/mol. The van der Waals surface area contributed by atoms with Crippen LogP contribution in [0, 0.1) is 18.3 Å². The van der Waals surface area contributed by atoms with Crippen molar-refractivity contribution in [2.75, 3.05) is 10.7 Å². The van der Waals surface area contributed by atoms with Crippen LogP contribution < -0.4 is 16.2 Å². The number of pyridine rings is 1. The summed E-state index contributed by atoms with van der Waals surface area (Å²) in [5.41, 5.74) is 8.01. The van der Waals surface area contributed by atoms with Gasteiger partial charge < -0.3 is 5.32 Å². The standard InChI is InChI=1S/C16H16ClN5O/c1-3-11-4-5-13(17)14(7-11)20-16(23)22-21-15-10(2)6-12(8-18)9-19-15/h4-7,9H,3H2,1-2H3,(H,19,21)(H2,20,22,23). The molecule has 0 atom stereocenters. The van der Waals surface area contributed by atoms with Crippen molar-refractivity contribution < 1.29 is 4.79 Å².